The van der Waals surface area contributed by atoms with E-state index in [1.807, 2.05) is 49.4 Å². The normalized spacial score (nSPS) is 11.2. The van der Waals surface area contributed by atoms with Gasteiger partial charge in [0.1, 0.15) is 5.82 Å². The summed E-state index contributed by atoms with van der Waals surface area (Å²) in [6.07, 6.45) is 0. The van der Waals surface area contributed by atoms with Crippen LogP contribution in [0.1, 0.15) is 17.0 Å². The predicted octanol–water partition coefficient (Wildman–Crippen LogP) is 0.329. The Balaban J connectivity index is 0.00000320. The summed E-state index contributed by atoms with van der Waals surface area (Å²) in [4.78, 5) is 4.99. The molecule has 5 rings (SSSR count). The van der Waals surface area contributed by atoms with Gasteiger partial charge in [0, 0.05) is 12.2 Å². The molecule has 0 aliphatic rings. The zero-order valence-corrected chi connectivity index (χ0v) is 21.7. The van der Waals surface area contributed by atoms with Crippen molar-refractivity contribution < 1.29 is 26.2 Å². The van der Waals surface area contributed by atoms with Crippen LogP contribution in [0.4, 0.5) is 5.69 Å². The van der Waals surface area contributed by atoms with E-state index in [9.17, 15) is 8.42 Å². The van der Waals surface area contributed by atoms with Gasteiger partial charge in [0.25, 0.3) is 15.9 Å². The van der Waals surface area contributed by atoms with Crippen LogP contribution in [-0.2, 0) is 16.6 Å². The number of nitrogens with two attached hydrogens (primary N) is 2. The first-order chi connectivity index (χ1) is 17.3. The summed E-state index contributed by atoms with van der Waals surface area (Å²) in [5.74, 6) is 1.17. The van der Waals surface area contributed by atoms with Crippen molar-refractivity contribution in [3.05, 3.63) is 114 Å². The smallest absolute Gasteiger partial charge is 0.270 e. The van der Waals surface area contributed by atoms with Gasteiger partial charge in [-0.15, -0.1) is 0 Å². The summed E-state index contributed by atoms with van der Waals surface area (Å²) in [6.45, 7) is 2.53. The molecule has 0 unspecified atom stereocenters. The average molecular weight is 532 g/mol. The Morgan fingerprint density at radius 1 is 0.919 bits per heavy atom. The van der Waals surface area contributed by atoms with Crippen molar-refractivity contribution in [2.24, 2.45) is 5.73 Å². The predicted molar refractivity (Wildman–Crippen MR) is 143 cm³/mol. The van der Waals surface area contributed by atoms with Crippen molar-refractivity contribution in [3.8, 4) is 11.1 Å². The first kappa shape index (κ1) is 25.9. The third-order valence-electron chi connectivity index (χ3n) is 6.06. The summed E-state index contributed by atoms with van der Waals surface area (Å²) >= 11 is 0. The molecule has 1 aromatic heterocycles. The van der Waals surface area contributed by atoms with Gasteiger partial charge in [-0.1, -0.05) is 48.5 Å². The zero-order valence-electron chi connectivity index (χ0n) is 20.1. The lowest BCUT2D eigenvalue weighted by Gasteiger charge is -2.11. The van der Waals surface area contributed by atoms with Crippen LogP contribution in [0.5, 0.6) is 0 Å². The molecule has 5 N–H and O–H groups in total. The molecule has 4 aromatic carbocycles. The molecule has 0 bridgehead atoms. The average Bonchev–Trinajstić information content (AvgIpc) is 3.18. The Kier molecular flexibility index (Phi) is 7.33. The maximum Gasteiger partial charge on any atom is 0.270 e. The Morgan fingerprint density at radius 2 is 1.62 bits per heavy atom. The summed E-state index contributed by atoms with van der Waals surface area (Å²) in [5.41, 5.74) is 11.9. The zero-order chi connectivity index (χ0) is 25.3. The fourth-order valence-corrected chi connectivity index (χ4v) is 5.28. The van der Waals surface area contributed by atoms with E-state index >= 15 is 0 Å². The van der Waals surface area contributed by atoms with Crippen LogP contribution in [0.2, 0.25) is 0 Å². The first-order valence-corrected chi connectivity index (χ1v) is 12.9. The van der Waals surface area contributed by atoms with Crippen molar-refractivity contribution in [1.82, 2.24) is 9.55 Å². The van der Waals surface area contributed by atoms with E-state index in [2.05, 4.69) is 27.5 Å². The number of hydrogen-bond donors (Lipinski definition) is 3. The largest absolute Gasteiger partial charge is 1.00 e. The fourth-order valence-electron chi connectivity index (χ4n) is 4.21. The van der Waals surface area contributed by atoms with Crippen molar-refractivity contribution in [3.63, 3.8) is 0 Å². The molecule has 188 valence electrons. The molecule has 1 heterocycles. The fraction of sp³-hybridized carbons (Fsp3) is 0.0714. The van der Waals surface area contributed by atoms with Gasteiger partial charge in [0.2, 0.25) is 0 Å². The molecule has 0 aliphatic heterocycles. The molecule has 0 atom stereocenters. The molecule has 0 spiro atoms. The van der Waals surface area contributed by atoms with Crippen molar-refractivity contribution in [2.45, 2.75) is 18.4 Å². The van der Waals surface area contributed by atoms with Gasteiger partial charge >= 0.3 is 0 Å². The number of benzene rings is 4. The van der Waals surface area contributed by atoms with E-state index in [0.717, 1.165) is 39.1 Å². The topological polar surface area (TPSA) is 116 Å². The molecule has 37 heavy (non-hydrogen) atoms. The highest BCUT2D eigenvalue weighted by Gasteiger charge is 2.14. The van der Waals surface area contributed by atoms with E-state index in [0.29, 0.717) is 18.1 Å². The highest BCUT2D eigenvalue weighted by atomic mass is 35.5. The number of aromatic nitrogens is 2. The maximum absolute atomic E-state index is 12.7. The minimum atomic E-state index is -3.66. The lowest BCUT2D eigenvalue weighted by atomic mass is 10.0. The number of amidine groups is 1. The minimum Gasteiger partial charge on any atom is -1.00 e. The minimum absolute atomic E-state index is 0. The molecule has 0 amide bonds. The van der Waals surface area contributed by atoms with Gasteiger partial charge in [-0.05, 0) is 72.1 Å². The van der Waals surface area contributed by atoms with E-state index in [1.54, 1.807) is 36.4 Å². The van der Waals surface area contributed by atoms with E-state index in [4.69, 9.17) is 16.1 Å². The third kappa shape index (κ3) is 5.50. The van der Waals surface area contributed by atoms with Crippen LogP contribution in [0, 0.1) is 6.92 Å². The van der Waals surface area contributed by atoms with Gasteiger partial charge < -0.3 is 17.0 Å². The number of fused-ring (bicyclic) bond motifs is 1. The van der Waals surface area contributed by atoms with Gasteiger partial charge in [-0.2, -0.15) is 0 Å². The van der Waals surface area contributed by atoms with Crippen molar-refractivity contribution in [2.75, 3.05) is 4.72 Å². The number of nitrogens with one attached hydrogen (secondary N) is 1. The molecule has 9 heteroatoms. The number of aryl methyl sites for hydroxylation is 1. The molecule has 7 nitrogen and oxygen atoms in total. The summed E-state index contributed by atoms with van der Waals surface area (Å²) in [7, 11) is -3.66. The molecular weight excluding hydrogens is 506 g/mol. The van der Waals surface area contributed by atoms with E-state index < -0.39 is 10.0 Å². The van der Waals surface area contributed by atoms with Gasteiger partial charge in [0.05, 0.1) is 21.5 Å². The second-order valence-electron chi connectivity index (χ2n) is 8.60. The van der Waals surface area contributed by atoms with E-state index in [1.165, 1.54) is 0 Å². The Morgan fingerprint density at radius 3 is 2.32 bits per heavy atom. The number of rotatable bonds is 7. The number of sulfonamides is 1. The third-order valence-corrected chi connectivity index (χ3v) is 7.46. The second kappa shape index (κ2) is 10.5. The Bertz CT molecular complexity index is 1680. The lowest BCUT2D eigenvalue weighted by Crippen LogP contribution is -3.00. The number of nitrogens with zero attached hydrogens (tertiary/aromatic N) is 2. The Hall–Kier alpha value is -4.14. The maximum atomic E-state index is 12.7. The molecule has 0 radical (unpaired) electrons. The number of imidazole rings is 1. The van der Waals surface area contributed by atoms with Crippen molar-refractivity contribution >= 4 is 32.6 Å². The molecule has 0 saturated heterocycles. The highest BCUT2D eigenvalue weighted by molar-refractivity contribution is 7.92. The number of anilines is 1. The van der Waals surface area contributed by atoms with Crippen LogP contribution in [0.15, 0.2) is 102 Å². The quantitative estimate of drug-likeness (QED) is 0.207. The highest BCUT2D eigenvalue weighted by Crippen LogP contribution is 2.26. The van der Waals surface area contributed by atoms with Crippen LogP contribution < -0.4 is 28.3 Å². The molecule has 0 fully saturated rings. The summed E-state index contributed by atoms with van der Waals surface area (Å²) < 4.78 is 30.2. The first-order valence-electron chi connectivity index (χ1n) is 11.4. The van der Waals surface area contributed by atoms with Crippen LogP contribution >= 0.6 is 0 Å². The molecule has 0 saturated carbocycles. The number of hydrogen-bond acceptors (Lipinski definition) is 3. The molecular formula is C28H26ClN5O2S. The van der Waals surface area contributed by atoms with Gasteiger partial charge in [-0.3, -0.25) is 15.9 Å². The monoisotopic (exact) mass is 531 g/mol. The molecule has 0 aliphatic carbocycles. The SMILES string of the molecule is Cc1nc2cc(-c3ccc(C(N)=[NH2+])cc3)ccc2n1Cc1cccc(NS(=O)(=O)c2ccccc2)c1.[Cl-]. The van der Waals surface area contributed by atoms with Gasteiger partial charge in [-0.25, -0.2) is 13.4 Å². The van der Waals surface area contributed by atoms with Gasteiger partial charge in [0.15, 0.2) is 0 Å². The summed E-state index contributed by atoms with van der Waals surface area (Å²) in [5, 5.41) is 5.67. The van der Waals surface area contributed by atoms with E-state index in [-0.39, 0.29) is 17.3 Å². The second-order valence-corrected chi connectivity index (χ2v) is 10.3. The number of halogens is 1. The van der Waals surface area contributed by atoms with Crippen molar-refractivity contribution in [1.29, 1.82) is 0 Å². The lowest BCUT2D eigenvalue weighted by molar-refractivity contribution is -0.114. The van der Waals surface area contributed by atoms with Crippen LogP contribution in [0.3, 0.4) is 0 Å². The summed E-state index contributed by atoms with van der Waals surface area (Å²) in [6, 6.07) is 29.7. The van der Waals surface area contributed by atoms with Crippen LogP contribution in [0.25, 0.3) is 22.2 Å². The van der Waals surface area contributed by atoms with Crippen LogP contribution in [-0.4, -0.2) is 23.8 Å². The standard InChI is InChI=1S/C28H25N5O2S.ClH/c1-19-31-26-17-23(21-10-12-22(13-11-21)28(29)30)14-15-27(26)33(19)18-20-6-5-7-24(16-20)32-36(34,35)25-8-3-2-4-9-25;/h2-17,32H,18H2,1H3,(H3,29,30);1H. The Labute approximate surface area is 222 Å². The molecule has 5 aromatic rings.